The molecule has 6 heteroatoms. The molecule has 0 saturated heterocycles. The van der Waals surface area contributed by atoms with E-state index in [1.165, 1.54) is 131 Å². The van der Waals surface area contributed by atoms with Crippen molar-refractivity contribution in [2.75, 3.05) is 9.80 Å². The average molecular weight is 1060 g/mol. The second-order valence-corrected chi connectivity index (χ2v) is 34.5. The van der Waals surface area contributed by atoms with Crippen LogP contribution in [0.5, 0.6) is 0 Å². The summed E-state index contributed by atoms with van der Waals surface area (Å²) in [6, 6.07) is 87.5. The molecule has 4 heterocycles. The lowest BCUT2D eigenvalue weighted by molar-refractivity contribution is 1.29. The summed E-state index contributed by atoms with van der Waals surface area (Å²) in [6.45, 7) is 19.0. The van der Waals surface area contributed by atoms with E-state index in [9.17, 15) is 0 Å². The van der Waals surface area contributed by atoms with Gasteiger partial charge in [0.2, 0.25) is 0 Å². The minimum absolute atomic E-state index is 1.15. The van der Waals surface area contributed by atoms with Gasteiger partial charge in [-0.25, -0.2) is 0 Å². The van der Waals surface area contributed by atoms with Crippen molar-refractivity contribution in [1.29, 1.82) is 0 Å². The Morgan fingerprint density at radius 1 is 0.300 bits per heavy atom. The third-order valence-corrected chi connectivity index (χ3v) is 21.3. The van der Waals surface area contributed by atoms with E-state index in [4.69, 9.17) is 0 Å². The van der Waals surface area contributed by atoms with Crippen molar-refractivity contribution in [2.45, 2.75) is 53.1 Å². The van der Waals surface area contributed by atoms with E-state index in [0.29, 0.717) is 0 Å². The maximum Gasteiger partial charge on any atom is 0.0775 e. The van der Waals surface area contributed by atoms with Crippen LogP contribution in [-0.2, 0) is 0 Å². The Morgan fingerprint density at radius 2 is 0.662 bits per heavy atom. The lowest BCUT2D eigenvalue weighted by Crippen LogP contribution is -2.37. The molecule has 0 amide bonds. The summed E-state index contributed by atoms with van der Waals surface area (Å²) in [6.07, 6.45) is 0. The van der Waals surface area contributed by atoms with Gasteiger partial charge >= 0.3 is 0 Å². The molecule has 4 nitrogen and oxygen atoms in total. The van der Waals surface area contributed by atoms with Crippen LogP contribution >= 0.6 is 0 Å². The van der Waals surface area contributed by atoms with Gasteiger partial charge in [-0.05, 0) is 110 Å². The topological polar surface area (TPSA) is 15.3 Å². The van der Waals surface area contributed by atoms with E-state index in [1.54, 1.807) is 0 Å². The highest BCUT2D eigenvalue weighted by Crippen LogP contribution is 2.53. The van der Waals surface area contributed by atoms with Crippen LogP contribution in [0.25, 0.3) is 98.4 Å². The largest absolute Gasteiger partial charge is 0.309 e. The number of benzene rings is 11. The Bertz CT molecular complexity index is 4590. The van der Waals surface area contributed by atoms with E-state index in [0.717, 1.165) is 22.7 Å². The second kappa shape index (κ2) is 17.8. The predicted molar refractivity (Wildman–Crippen MR) is 351 cm³/mol. The fourth-order valence-corrected chi connectivity index (χ4v) is 15.6. The number of aryl methyl sites for hydroxylation is 2. The van der Waals surface area contributed by atoms with Crippen molar-refractivity contribution in [2.24, 2.45) is 0 Å². The molecule has 0 N–H and O–H groups in total. The van der Waals surface area contributed by atoms with Crippen molar-refractivity contribution < 1.29 is 0 Å². The van der Waals surface area contributed by atoms with E-state index >= 15 is 0 Å². The number of hydrogen-bond donors (Lipinski definition) is 0. The molecular formula is C74H62N4Si2. The Morgan fingerprint density at radius 3 is 1.05 bits per heavy atom. The quantitative estimate of drug-likeness (QED) is 0.127. The third kappa shape index (κ3) is 7.32. The zero-order chi connectivity index (χ0) is 54.3. The molecule has 0 fully saturated rings. The van der Waals surface area contributed by atoms with E-state index in [1.807, 2.05) is 0 Å². The lowest BCUT2D eigenvalue weighted by atomic mass is 9.98. The molecule has 386 valence electrons. The van der Waals surface area contributed by atoms with Gasteiger partial charge in [0.15, 0.2) is 0 Å². The van der Waals surface area contributed by atoms with Gasteiger partial charge in [0, 0.05) is 65.6 Å². The lowest BCUT2D eigenvalue weighted by Gasteiger charge is -2.30. The highest BCUT2D eigenvalue weighted by Gasteiger charge is 2.30. The number of fused-ring (bicyclic) bond motifs is 12. The molecular weight excluding hydrogens is 1000 g/mol. The van der Waals surface area contributed by atoms with Crippen LogP contribution in [0.1, 0.15) is 11.1 Å². The molecule has 0 saturated carbocycles. The van der Waals surface area contributed by atoms with Gasteiger partial charge in [0.1, 0.15) is 0 Å². The highest BCUT2D eigenvalue weighted by molar-refractivity contribution is 6.89. The van der Waals surface area contributed by atoms with Crippen LogP contribution in [0.3, 0.4) is 0 Å². The molecule has 0 atom stereocenters. The number of aromatic nitrogens is 2. The van der Waals surface area contributed by atoms with Gasteiger partial charge in [-0.15, -0.1) is 0 Å². The van der Waals surface area contributed by atoms with Crippen molar-refractivity contribution in [3.8, 4) is 22.3 Å². The molecule has 15 rings (SSSR count). The number of anilines is 6. The SMILES string of the molecule is Cc1ccc(N(c2ccc([Si](C)(C)C)cc2)c2ccc3c4cc5c(cc4n4c6ccccc6c2c34)c2ccc(N(c3ccc([Si](C)(C)C)cc3)c3ccc(C)cc3-c3ccccc3)c3c4ccccc4n5c23)c(-c2ccccc2)c1. The van der Waals surface area contributed by atoms with E-state index in [-0.39, 0.29) is 0 Å². The van der Waals surface area contributed by atoms with Crippen LogP contribution in [-0.4, -0.2) is 24.9 Å². The van der Waals surface area contributed by atoms with E-state index < -0.39 is 16.1 Å². The molecule has 4 aromatic heterocycles. The van der Waals surface area contributed by atoms with Crippen molar-refractivity contribution in [1.82, 2.24) is 8.80 Å². The Kier molecular flexibility index (Phi) is 10.7. The zero-order valence-corrected chi connectivity index (χ0v) is 48.7. The number of nitrogens with zero attached hydrogens (tertiary/aromatic N) is 4. The van der Waals surface area contributed by atoms with Crippen LogP contribution in [0, 0.1) is 13.8 Å². The molecule has 11 aromatic carbocycles. The van der Waals surface area contributed by atoms with Gasteiger partial charge in [0.05, 0.1) is 72.0 Å². The minimum Gasteiger partial charge on any atom is -0.309 e. The molecule has 15 aromatic rings. The molecule has 0 unspecified atom stereocenters. The first-order valence-corrected chi connectivity index (χ1v) is 35.3. The Labute approximate surface area is 469 Å². The summed E-state index contributed by atoms with van der Waals surface area (Å²) in [5.41, 5.74) is 21.6. The Balaban J connectivity index is 1.00. The molecule has 0 aliphatic rings. The summed E-state index contributed by atoms with van der Waals surface area (Å²) in [5.74, 6) is 0. The molecule has 0 aliphatic heterocycles. The number of para-hydroxylation sites is 2. The first-order chi connectivity index (χ1) is 38.8. The smallest absolute Gasteiger partial charge is 0.0775 e. The maximum atomic E-state index is 2.57. The summed E-state index contributed by atoms with van der Waals surface area (Å²) < 4.78 is 5.15. The first-order valence-electron chi connectivity index (χ1n) is 28.3. The molecule has 0 spiro atoms. The summed E-state index contributed by atoms with van der Waals surface area (Å²) >= 11 is 0. The summed E-state index contributed by atoms with van der Waals surface area (Å²) in [7, 11) is -3.15. The first kappa shape index (κ1) is 48.2. The normalized spacial score (nSPS) is 12.5. The average Bonchev–Trinajstić information content (AvgIpc) is 2.91. The summed E-state index contributed by atoms with van der Waals surface area (Å²) in [5, 5.41) is 12.9. The van der Waals surface area contributed by atoms with E-state index in [2.05, 4.69) is 302 Å². The molecule has 0 radical (unpaired) electrons. The van der Waals surface area contributed by atoms with Gasteiger partial charge in [0.25, 0.3) is 0 Å². The molecule has 0 aliphatic carbocycles. The van der Waals surface area contributed by atoms with Crippen LogP contribution in [0.4, 0.5) is 34.1 Å². The fourth-order valence-electron chi connectivity index (χ4n) is 13.3. The third-order valence-electron chi connectivity index (χ3n) is 17.2. The van der Waals surface area contributed by atoms with Gasteiger partial charge in [-0.1, -0.05) is 206 Å². The number of hydrogen-bond acceptors (Lipinski definition) is 2. The molecule has 80 heavy (non-hydrogen) atoms. The van der Waals surface area contributed by atoms with Crippen molar-refractivity contribution >= 4 is 137 Å². The predicted octanol–water partition coefficient (Wildman–Crippen LogP) is 20.0. The van der Waals surface area contributed by atoms with Crippen molar-refractivity contribution in [3.63, 3.8) is 0 Å². The van der Waals surface area contributed by atoms with Gasteiger partial charge < -0.3 is 18.6 Å². The van der Waals surface area contributed by atoms with Gasteiger partial charge in [-0.3, -0.25) is 0 Å². The standard InChI is InChI=1S/C74H62N4Si2/c1-47-27-39-65(59(43-47)49-19-11-9-12-20-49)75(51-29-33-53(34-30-51)79(3,4)5)67-41-37-55-61-45-70-62(46-69(61)77-63-25-17-15-23-57(63)71(67)73(55)77)56-38-42-68(72-58-24-16-18-26-64(58)78(70)74(56)72)76(52-31-35-54(36-32-52)80(6,7)8)66-40-28-48(2)44-60(66)50-21-13-10-14-22-50/h9-46H,1-8H3. The number of rotatable bonds is 10. The van der Waals surface area contributed by atoms with Crippen LogP contribution in [0.2, 0.25) is 39.3 Å². The summed E-state index contributed by atoms with van der Waals surface area (Å²) in [4.78, 5) is 5.07. The monoisotopic (exact) mass is 1060 g/mol. The highest BCUT2D eigenvalue weighted by atomic mass is 28.3. The zero-order valence-electron chi connectivity index (χ0n) is 46.7. The Hall–Kier alpha value is -8.95. The second-order valence-electron chi connectivity index (χ2n) is 24.3. The van der Waals surface area contributed by atoms with Crippen LogP contribution < -0.4 is 20.2 Å². The minimum atomic E-state index is -1.57. The maximum absolute atomic E-state index is 2.57. The molecule has 0 bridgehead atoms. The van der Waals surface area contributed by atoms with Gasteiger partial charge in [-0.2, -0.15) is 0 Å². The van der Waals surface area contributed by atoms with Crippen molar-refractivity contribution in [3.05, 3.63) is 242 Å². The van der Waals surface area contributed by atoms with Crippen LogP contribution in [0.15, 0.2) is 231 Å². The fraction of sp³-hybridized carbons (Fsp3) is 0.108.